The lowest BCUT2D eigenvalue weighted by molar-refractivity contribution is 0.0913. The van der Waals surface area contributed by atoms with Crippen LogP contribution in [-0.4, -0.2) is 55.7 Å². The number of methoxy groups -OCH3 is 1. The molecule has 1 aliphatic rings. The van der Waals surface area contributed by atoms with E-state index in [1.165, 1.54) is 0 Å². The number of aromatic amines is 1. The van der Waals surface area contributed by atoms with Crippen molar-refractivity contribution in [2.45, 2.75) is 12.8 Å². The molecule has 0 saturated carbocycles. The minimum absolute atomic E-state index is 0.0989. The Morgan fingerprint density at radius 2 is 2.22 bits per heavy atom. The number of benzene rings is 1. The number of ether oxygens (including phenoxy) is 1. The molecule has 3 rings (SSSR count). The molecule has 0 aliphatic carbocycles. The maximum Gasteiger partial charge on any atom is 0.255 e. The van der Waals surface area contributed by atoms with E-state index in [1.54, 1.807) is 37.6 Å². The normalized spacial score (nSPS) is 17.6. The molecule has 1 fully saturated rings. The van der Waals surface area contributed by atoms with Gasteiger partial charge in [-0.3, -0.25) is 9.59 Å². The van der Waals surface area contributed by atoms with E-state index >= 15 is 0 Å². The molecule has 6 nitrogen and oxygen atoms in total. The Balaban J connectivity index is 1.59. The van der Waals surface area contributed by atoms with Gasteiger partial charge in [0.2, 0.25) is 0 Å². The third kappa shape index (κ3) is 5.28. The molecule has 1 saturated heterocycles. The molecule has 1 atom stereocenters. The average Bonchev–Trinajstić information content (AvgIpc) is 2.71. The van der Waals surface area contributed by atoms with Crippen molar-refractivity contribution in [3.05, 3.63) is 58.5 Å². The fourth-order valence-corrected chi connectivity index (χ4v) is 3.56. The molecule has 2 N–H and O–H groups in total. The van der Waals surface area contributed by atoms with E-state index in [0.29, 0.717) is 23.6 Å². The highest BCUT2D eigenvalue weighted by molar-refractivity contribution is 5.95. The van der Waals surface area contributed by atoms with Crippen LogP contribution in [0.2, 0.25) is 0 Å². The number of hydrogen-bond donors (Lipinski definition) is 2. The first-order chi connectivity index (χ1) is 13.2. The number of hydrogen-bond acceptors (Lipinski definition) is 4. The van der Waals surface area contributed by atoms with Crippen molar-refractivity contribution in [3.63, 3.8) is 0 Å². The fourth-order valence-electron chi connectivity index (χ4n) is 3.56. The largest absolute Gasteiger partial charge is 0.383 e. The summed E-state index contributed by atoms with van der Waals surface area (Å²) in [6, 6.07) is 10.7. The second-order valence-corrected chi connectivity index (χ2v) is 7.01. The molecule has 1 aromatic carbocycles. The first kappa shape index (κ1) is 19.3. The Hall–Kier alpha value is -2.44. The summed E-state index contributed by atoms with van der Waals surface area (Å²) in [6.07, 6.45) is 3.88. The molecule has 6 heteroatoms. The number of likely N-dealkylation sites (tertiary alicyclic amines) is 1. The minimum atomic E-state index is -0.159. The predicted octanol–water partition coefficient (Wildman–Crippen LogP) is 2.13. The lowest BCUT2D eigenvalue weighted by atomic mass is 9.97. The highest BCUT2D eigenvalue weighted by Gasteiger charge is 2.20. The van der Waals surface area contributed by atoms with Gasteiger partial charge in [0, 0.05) is 44.1 Å². The zero-order valence-electron chi connectivity index (χ0n) is 15.7. The van der Waals surface area contributed by atoms with Crippen LogP contribution in [0.4, 0.5) is 0 Å². The van der Waals surface area contributed by atoms with Crippen LogP contribution in [0.25, 0.3) is 11.1 Å². The van der Waals surface area contributed by atoms with Gasteiger partial charge in [-0.1, -0.05) is 12.1 Å². The summed E-state index contributed by atoms with van der Waals surface area (Å²) in [5.41, 5.74) is 1.72. The van der Waals surface area contributed by atoms with Crippen LogP contribution in [0.1, 0.15) is 23.2 Å². The molecule has 1 aliphatic heterocycles. The van der Waals surface area contributed by atoms with E-state index in [4.69, 9.17) is 4.74 Å². The van der Waals surface area contributed by atoms with Crippen molar-refractivity contribution in [1.29, 1.82) is 0 Å². The van der Waals surface area contributed by atoms with Crippen LogP contribution in [0.5, 0.6) is 0 Å². The predicted molar refractivity (Wildman–Crippen MR) is 106 cm³/mol. The zero-order valence-corrected chi connectivity index (χ0v) is 15.7. The smallest absolute Gasteiger partial charge is 0.255 e. The molecule has 2 aromatic rings. The summed E-state index contributed by atoms with van der Waals surface area (Å²) in [7, 11) is 1.72. The second-order valence-electron chi connectivity index (χ2n) is 7.01. The van der Waals surface area contributed by atoms with Crippen LogP contribution in [-0.2, 0) is 4.74 Å². The number of carbonyl (C=O) groups excluding carboxylic acids is 1. The van der Waals surface area contributed by atoms with Crippen LogP contribution >= 0.6 is 0 Å². The Morgan fingerprint density at radius 1 is 1.33 bits per heavy atom. The highest BCUT2D eigenvalue weighted by atomic mass is 16.5. The summed E-state index contributed by atoms with van der Waals surface area (Å²) in [6.45, 7) is 4.43. The van der Waals surface area contributed by atoms with Crippen LogP contribution in [0, 0.1) is 5.92 Å². The van der Waals surface area contributed by atoms with E-state index in [2.05, 4.69) is 15.2 Å². The highest BCUT2D eigenvalue weighted by Crippen LogP contribution is 2.18. The van der Waals surface area contributed by atoms with E-state index in [9.17, 15) is 9.59 Å². The SMILES string of the molecule is COCCN1CCCC(CNC(=O)c2cccc(-c3ccc[nH]c3=O)c2)C1. The number of piperidine rings is 1. The van der Waals surface area contributed by atoms with Gasteiger partial charge in [0.05, 0.1) is 6.61 Å². The van der Waals surface area contributed by atoms with Crippen molar-refractivity contribution < 1.29 is 9.53 Å². The third-order valence-corrected chi connectivity index (χ3v) is 5.02. The van der Waals surface area contributed by atoms with Crippen molar-refractivity contribution >= 4 is 5.91 Å². The Labute approximate surface area is 159 Å². The molecule has 0 bridgehead atoms. The Bertz CT molecular complexity index is 818. The first-order valence-corrected chi connectivity index (χ1v) is 9.45. The van der Waals surface area contributed by atoms with Gasteiger partial charge in [0.1, 0.15) is 0 Å². The van der Waals surface area contributed by atoms with Gasteiger partial charge in [0.15, 0.2) is 0 Å². The monoisotopic (exact) mass is 369 g/mol. The van der Waals surface area contributed by atoms with Gasteiger partial charge in [0.25, 0.3) is 11.5 Å². The molecule has 1 aromatic heterocycles. The average molecular weight is 369 g/mol. The van der Waals surface area contributed by atoms with Crippen LogP contribution in [0.3, 0.4) is 0 Å². The number of nitrogens with one attached hydrogen (secondary N) is 2. The molecule has 0 spiro atoms. The lowest BCUT2D eigenvalue weighted by Gasteiger charge is -2.32. The van der Waals surface area contributed by atoms with Gasteiger partial charge < -0.3 is 19.9 Å². The Kier molecular flexibility index (Phi) is 6.79. The fraction of sp³-hybridized carbons (Fsp3) is 0.429. The molecule has 1 amide bonds. The zero-order chi connectivity index (χ0) is 19.1. The van der Waals surface area contributed by atoms with E-state index in [-0.39, 0.29) is 11.5 Å². The van der Waals surface area contributed by atoms with E-state index in [0.717, 1.165) is 44.6 Å². The quantitative estimate of drug-likeness (QED) is 0.784. The number of aromatic nitrogens is 1. The van der Waals surface area contributed by atoms with Crippen molar-refractivity contribution in [3.8, 4) is 11.1 Å². The van der Waals surface area contributed by atoms with Crippen LogP contribution < -0.4 is 10.9 Å². The summed E-state index contributed by atoms with van der Waals surface area (Å²) < 4.78 is 5.16. The molecule has 144 valence electrons. The number of amides is 1. The molecule has 0 radical (unpaired) electrons. The van der Waals surface area contributed by atoms with Crippen molar-refractivity contribution in [1.82, 2.24) is 15.2 Å². The lowest BCUT2D eigenvalue weighted by Crippen LogP contribution is -2.42. The first-order valence-electron chi connectivity index (χ1n) is 9.45. The third-order valence-electron chi connectivity index (χ3n) is 5.02. The Morgan fingerprint density at radius 3 is 3.04 bits per heavy atom. The number of pyridine rings is 1. The minimum Gasteiger partial charge on any atom is -0.383 e. The van der Waals surface area contributed by atoms with Crippen LogP contribution in [0.15, 0.2) is 47.4 Å². The van der Waals surface area contributed by atoms with E-state index < -0.39 is 0 Å². The van der Waals surface area contributed by atoms with Gasteiger partial charge >= 0.3 is 0 Å². The van der Waals surface area contributed by atoms with Crippen molar-refractivity contribution in [2.24, 2.45) is 5.92 Å². The summed E-state index contributed by atoms with van der Waals surface area (Å²) in [5.74, 6) is 0.359. The molecular formula is C21H27N3O3. The second kappa shape index (κ2) is 9.48. The molecule has 27 heavy (non-hydrogen) atoms. The van der Waals surface area contributed by atoms with Gasteiger partial charge in [-0.05, 0) is 55.1 Å². The number of H-pyrrole nitrogens is 1. The maximum atomic E-state index is 12.6. The maximum absolute atomic E-state index is 12.6. The topological polar surface area (TPSA) is 74.4 Å². The van der Waals surface area contributed by atoms with E-state index in [1.807, 2.05) is 12.1 Å². The van der Waals surface area contributed by atoms with Gasteiger partial charge in [-0.2, -0.15) is 0 Å². The number of carbonyl (C=O) groups is 1. The molecule has 1 unspecified atom stereocenters. The van der Waals surface area contributed by atoms with Gasteiger partial charge in [-0.25, -0.2) is 0 Å². The van der Waals surface area contributed by atoms with Crippen molar-refractivity contribution in [2.75, 3.05) is 39.9 Å². The number of nitrogens with zero attached hydrogens (tertiary/aromatic N) is 1. The van der Waals surface area contributed by atoms with Gasteiger partial charge in [-0.15, -0.1) is 0 Å². The standard InChI is InChI=1S/C21H27N3O3/c1-27-12-11-24-10-4-5-16(15-24)14-23-20(25)18-7-2-6-17(13-18)19-8-3-9-22-21(19)26/h2-3,6-9,13,16H,4-5,10-12,14-15H2,1H3,(H,22,26)(H,23,25). The molecular weight excluding hydrogens is 342 g/mol. The number of rotatable bonds is 7. The summed E-state index contributed by atoms with van der Waals surface area (Å²) >= 11 is 0. The molecule has 2 heterocycles. The summed E-state index contributed by atoms with van der Waals surface area (Å²) in [4.78, 5) is 29.6. The summed E-state index contributed by atoms with van der Waals surface area (Å²) in [5, 5.41) is 3.06.